The third-order valence-corrected chi connectivity index (χ3v) is 11.2. The SMILES string of the molecule is C=CC/C=C/C/C=C/C/C=C/C(=O)OC(=O)[C@@H]1[C@@H](O)[C@H](CO)[C@H](OP(=O)(O)OP(=O)(O)OC[C@H]2O[C@@H](n3cnc4c(N)ncnc43)[C@H](O)[C@@H]2O)C[C@H]1C(=O)O. The number of esters is 2. The van der Waals surface area contributed by atoms with E-state index in [1.807, 2.05) is 18.2 Å². The predicted molar refractivity (Wildman–Crippen MR) is 186 cm³/mol. The summed E-state index contributed by atoms with van der Waals surface area (Å²) >= 11 is 0. The molecule has 1 saturated heterocycles. The van der Waals surface area contributed by atoms with Gasteiger partial charge in [0.1, 0.15) is 30.2 Å². The predicted octanol–water partition coefficient (Wildman–Crippen LogP) is 0.432. The Kier molecular flexibility index (Phi) is 15.3. The number of ether oxygens (including phenoxy) is 2. The van der Waals surface area contributed by atoms with Crippen molar-refractivity contribution in [3.8, 4) is 0 Å². The molecule has 0 spiro atoms. The fourth-order valence-electron chi connectivity index (χ4n) is 5.87. The van der Waals surface area contributed by atoms with E-state index in [1.54, 1.807) is 12.2 Å². The Balaban J connectivity index is 1.34. The number of hydrogen-bond acceptors (Lipinski definition) is 18. The molecule has 3 heterocycles. The molecule has 4 rings (SSSR count). The summed E-state index contributed by atoms with van der Waals surface area (Å²) in [5, 5.41) is 51.8. The fraction of sp³-hybridized carbons (Fsp3) is 0.484. The first kappa shape index (κ1) is 43.7. The summed E-state index contributed by atoms with van der Waals surface area (Å²) in [5.41, 5.74) is 6.03. The highest BCUT2D eigenvalue weighted by Gasteiger charge is 2.54. The zero-order chi connectivity index (χ0) is 40.5. The van der Waals surface area contributed by atoms with E-state index in [2.05, 4.69) is 25.8 Å². The van der Waals surface area contributed by atoms with Gasteiger partial charge in [0.15, 0.2) is 17.7 Å². The number of allylic oxidation sites excluding steroid dienone is 6. The van der Waals surface area contributed by atoms with Gasteiger partial charge in [-0.3, -0.25) is 23.2 Å². The number of nitrogens with two attached hydrogens (primary N) is 1. The summed E-state index contributed by atoms with van der Waals surface area (Å²) in [6, 6.07) is 0. The van der Waals surface area contributed by atoms with Gasteiger partial charge >= 0.3 is 33.6 Å². The lowest BCUT2D eigenvalue weighted by molar-refractivity contribution is -0.179. The minimum absolute atomic E-state index is 0.0125. The Bertz CT molecular complexity index is 1890. The molecule has 55 heavy (non-hydrogen) atoms. The van der Waals surface area contributed by atoms with Crippen LogP contribution in [0.2, 0.25) is 0 Å². The zero-order valence-electron chi connectivity index (χ0n) is 28.8. The van der Waals surface area contributed by atoms with Crippen molar-refractivity contribution >= 4 is 50.5 Å². The van der Waals surface area contributed by atoms with Crippen molar-refractivity contribution in [1.82, 2.24) is 19.5 Å². The first-order chi connectivity index (χ1) is 26.0. The van der Waals surface area contributed by atoms with E-state index in [0.29, 0.717) is 12.8 Å². The van der Waals surface area contributed by atoms with E-state index in [9.17, 15) is 58.8 Å². The van der Waals surface area contributed by atoms with Crippen molar-refractivity contribution < 1.29 is 81.7 Å². The maximum atomic E-state index is 12.9. The second-order valence-corrected chi connectivity index (χ2v) is 15.2. The second kappa shape index (κ2) is 19.2. The van der Waals surface area contributed by atoms with Crippen molar-refractivity contribution in [3.05, 3.63) is 61.8 Å². The number of aliphatic carboxylic acids is 1. The number of fused-ring (bicyclic) bond motifs is 1. The topological polar surface area (TPSA) is 343 Å². The third-order valence-electron chi connectivity index (χ3n) is 8.51. The molecular weight excluding hydrogens is 776 g/mol. The molecule has 0 radical (unpaired) electrons. The van der Waals surface area contributed by atoms with Crippen LogP contribution < -0.4 is 5.73 Å². The van der Waals surface area contributed by atoms with Crippen LogP contribution in [0, 0.1) is 17.8 Å². The number of aromatic nitrogens is 4. The number of aliphatic hydroxyl groups excluding tert-OH is 4. The maximum Gasteiger partial charge on any atom is 0.481 e. The number of nitrogens with zero attached hydrogens (tertiary/aromatic N) is 4. The molecule has 0 bridgehead atoms. The zero-order valence-corrected chi connectivity index (χ0v) is 30.6. The number of carbonyl (C=O) groups is 3. The molecule has 2 aromatic rings. The molecule has 1 aliphatic heterocycles. The molecule has 2 aromatic heterocycles. The molecule has 1 saturated carbocycles. The molecule has 1 aliphatic carbocycles. The van der Waals surface area contributed by atoms with Crippen LogP contribution in [0.5, 0.6) is 0 Å². The largest absolute Gasteiger partial charge is 0.481 e. The summed E-state index contributed by atoms with van der Waals surface area (Å²) in [5.74, 6) is -9.89. The molecule has 302 valence electrons. The number of carbonyl (C=O) groups excluding carboxylic acids is 2. The van der Waals surface area contributed by atoms with Gasteiger partial charge < -0.3 is 50.5 Å². The molecular formula is C31H41N5O17P2. The monoisotopic (exact) mass is 817 g/mol. The van der Waals surface area contributed by atoms with Gasteiger partial charge in [-0.1, -0.05) is 36.5 Å². The Morgan fingerprint density at radius 3 is 2.31 bits per heavy atom. The number of aliphatic hydroxyl groups is 4. The maximum absolute atomic E-state index is 12.9. The number of hydrogen-bond donors (Lipinski definition) is 8. The van der Waals surface area contributed by atoms with Crippen LogP contribution in [0.25, 0.3) is 11.2 Å². The van der Waals surface area contributed by atoms with Crippen LogP contribution in [0.3, 0.4) is 0 Å². The lowest BCUT2D eigenvalue weighted by atomic mass is 9.70. The molecule has 11 atom stereocenters. The van der Waals surface area contributed by atoms with Crippen molar-refractivity contribution in [3.63, 3.8) is 0 Å². The molecule has 0 aromatic carbocycles. The first-order valence-corrected chi connectivity index (χ1v) is 19.5. The van der Waals surface area contributed by atoms with Gasteiger partial charge in [-0.2, -0.15) is 4.31 Å². The first-order valence-electron chi connectivity index (χ1n) is 16.5. The number of anilines is 1. The molecule has 2 unspecified atom stereocenters. The van der Waals surface area contributed by atoms with Gasteiger partial charge in [0.05, 0.1) is 43.6 Å². The summed E-state index contributed by atoms with van der Waals surface area (Å²) < 4.78 is 51.0. The van der Waals surface area contributed by atoms with E-state index in [4.69, 9.17) is 24.3 Å². The van der Waals surface area contributed by atoms with Crippen LogP contribution in [0.4, 0.5) is 5.82 Å². The fourth-order valence-corrected chi connectivity index (χ4v) is 8.17. The van der Waals surface area contributed by atoms with E-state index in [0.717, 1.165) is 18.8 Å². The highest BCUT2D eigenvalue weighted by Crippen LogP contribution is 2.62. The standard InChI is InChI=1S/C31H41N5O17P2/c1-2-3-4-5-6-7-8-9-10-11-21(38)51-31(44)22-17(30(42)43)12-19(18(13-37)24(22)39)52-55(47,48)53-54(45,46)49-14-20-25(40)26(41)29(50-20)36-16-35-23-27(32)33-15-34-28(23)36/h2,4-5,7-8,10-11,15-20,22,24-26,29,37,39-41H,1,3,6,9,12-14H2,(H,42,43)(H,45,46)(H,47,48)(H2,32,33,34)/b5-4+,8-7+,11-10+/t17-,18-,19-,20-,22+,24+,25-,26-,29-/m1/s1. The van der Waals surface area contributed by atoms with E-state index < -0.39 is 108 Å². The van der Waals surface area contributed by atoms with Gasteiger partial charge in [-0.05, 0) is 25.7 Å². The highest BCUT2D eigenvalue weighted by atomic mass is 31.3. The molecule has 2 aliphatic rings. The van der Waals surface area contributed by atoms with Crippen LogP contribution in [-0.2, 0) is 46.3 Å². The van der Waals surface area contributed by atoms with Gasteiger partial charge in [0.25, 0.3) is 0 Å². The molecule has 2 fully saturated rings. The second-order valence-electron chi connectivity index (χ2n) is 12.2. The van der Waals surface area contributed by atoms with Gasteiger partial charge in [0.2, 0.25) is 0 Å². The quantitative estimate of drug-likeness (QED) is 0.0332. The molecule has 9 N–H and O–H groups in total. The lowest BCUT2D eigenvalue weighted by Gasteiger charge is -2.41. The van der Waals surface area contributed by atoms with Crippen LogP contribution in [0.1, 0.15) is 31.9 Å². The minimum atomic E-state index is -5.72. The number of carboxylic acid groups (broad SMARTS) is 1. The normalized spacial score (nSPS) is 29.5. The number of imidazole rings is 1. The highest BCUT2D eigenvalue weighted by molar-refractivity contribution is 7.61. The van der Waals surface area contributed by atoms with E-state index in [-0.39, 0.29) is 17.0 Å². The Morgan fingerprint density at radius 2 is 1.65 bits per heavy atom. The Labute approximate surface area is 312 Å². The van der Waals surface area contributed by atoms with Gasteiger partial charge in [-0.15, -0.1) is 6.58 Å². The van der Waals surface area contributed by atoms with Crippen molar-refractivity contribution in [2.75, 3.05) is 18.9 Å². The van der Waals surface area contributed by atoms with Crippen molar-refractivity contribution in [2.24, 2.45) is 17.8 Å². The number of phosphoric acid groups is 2. The van der Waals surface area contributed by atoms with Crippen LogP contribution in [0.15, 0.2) is 61.8 Å². The molecule has 22 nitrogen and oxygen atoms in total. The van der Waals surface area contributed by atoms with Crippen molar-refractivity contribution in [1.29, 1.82) is 0 Å². The average Bonchev–Trinajstić information content (AvgIpc) is 3.66. The number of carboxylic acids is 1. The van der Waals surface area contributed by atoms with E-state index in [1.165, 1.54) is 17.0 Å². The van der Waals surface area contributed by atoms with Crippen molar-refractivity contribution in [2.45, 2.75) is 62.4 Å². The van der Waals surface area contributed by atoms with Crippen LogP contribution >= 0.6 is 15.6 Å². The summed E-state index contributed by atoms with van der Waals surface area (Å²) in [6.07, 6.45) is 4.21. The number of phosphoric ester groups is 2. The molecule has 24 heteroatoms. The lowest BCUT2D eigenvalue weighted by Crippen LogP contribution is -2.54. The van der Waals surface area contributed by atoms with Gasteiger partial charge in [0, 0.05) is 12.0 Å². The number of rotatable bonds is 18. The summed E-state index contributed by atoms with van der Waals surface area (Å²) in [6.45, 7) is 1.53. The van der Waals surface area contributed by atoms with E-state index >= 15 is 0 Å². The number of nitrogen functional groups attached to an aromatic ring is 1. The Hall–Kier alpha value is -4.02. The Morgan fingerprint density at radius 1 is 0.982 bits per heavy atom. The minimum Gasteiger partial charge on any atom is -0.481 e. The van der Waals surface area contributed by atoms with Crippen LogP contribution in [-0.4, -0.2) is 116 Å². The summed E-state index contributed by atoms with van der Waals surface area (Å²) in [7, 11) is -11.3. The summed E-state index contributed by atoms with van der Waals surface area (Å²) in [4.78, 5) is 69.7. The van der Waals surface area contributed by atoms with Gasteiger partial charge in [-0.25, -0.2) is 28.9 Å². The average molecular weight is 818 g/mol. The molecule has 0 amide bonds. The smallest absolute Gasteiger partial charge is 0.481 e. The third kappa shape index (κ3) is 11.3.